The van der Waals surface area contributed by atoms with Gasteiger partial charge in [-0.15, -0.1) is 10.2 Å². The monoisotopic (exact) mass is 357 g/mol. The Labute approximate surface area is 150 Å². The van der Waals surface area contributed by atoms with Crippen molar-refractivity contribution in [1.82, 2.24) is 14.8 Å². The molecule has 1 heterocycles. The molecule has 1 unspecified atom stereocenters. The van der Waals surface area contributed by atoms with Gasteiger partial charge in [-0.25, -0.2) is 0 Å². The van der Waals surface area contributed by atoms with E-state index in [1.54, 1.807) is 6.33 Å². The number of benzene rings is 2. The number of aromatic nitrogens is 3. The van der Waals surface area contributed by atoms with E-state index in [0.717, 1.165) is 16.7 Å². The molecule has 0 saturated heterocycles. The fraction of sp³-hybridized carbons (Fsp3) is 0.222. The van der Waals surface area contributed by atoms with Crippen LogP contribution in [0.3, 0.4) is 0 Å². The number of hydrogen-bond acceptors (Lipinski definition) is 6. The van der Waals surface area contributed by atoms with Crippen LogP contribution < -0.4 is 9.47 Å². The summed E-state index contributed by atoms with van der Waals surface area (Å²) in [5.74, 6) is 2.69. The Bertz CT molecular complexity index is 778. The first-order valence-corrected chi connectivity index (χ1v) is 8.80. The molecule has 1 N–H and O–H groups in total. The summed E-state index contributed by atoms with van der Waals surface area (Å²) in [7, 11) is 1.87. The predicted molar refractivity (Wildman–Crippen MR) is 96.2 cm³/mol. The number of para-hydroxylation sites is 1. The summed E-state index contributed by atoms with van der Waals surface area (Å²) in [6.45, 7) is 0.212. The quantitative estimate of drug-likeness (QED) is 0.625. The highest BCUT2D eigenvalue weighted by atomic mass is 32.2. The van der Waals surface area contributed by atoms with Gasteiger partial charge in [-0.1, -0.05) is 30.0 Å². The molecule has 3 rings (SSSR count). The van der Waals surface area contributed by atoms with Gasteiger partial charge in [-0.3, -0.25) is 0 Å². The van der Waals surface area contributed by atoms with Gasteiger partial charge in [0.05, 0.1) is 6.10 Å². The summed E-state index contributed by atoms with van der Waals surface area (Å²) in [5, 5.41) is 18.5. The van der Waals surface area contributed by atoms with Crippen LogP contribution in [0, 0.1) is 0 Å². The summed E-state index contributed by atoms with van der Waals surface area (Å²) in [4.78, 5) is 0. The van der Waals surface area contributed by atoms with Crippen LogP contribution in [-0.2, 0) is 7.05 Å². The van der Waals surface area contributed by atoms with Crippen molar-refractivity contribution in [2.75, 3.05) is 12.4 Å². The summed E-state index contributed by atoms with van der Waals surface area (Å²) in [5.41, 5.74) is 0. The Morgan fingerprint density at radius 1 is 1.04 bits per heavy atom. The topological polar surface area (TPSA) is 69.4 Å². The molecule has 0 bridgehead atoms. The van der Waals surface area contributed by atoms with Gasteiger partial charge in [0.2, 0.25) is 0 Å². The van der Waals surface area contributed by atoms with Crippen molar-refractivity contribution in [3.8, 4) is 17.2 Å². The van der Waals surface area contributed by atoms with E-state index >= 15 is 0 Å². The molecule has 0 radical (unpaired) electrons. The minimum atomic E-state index is -0.595. The van der Waals surface area contributed by atoms with Crippen LogP contribution >= 0.6 is 11.8 Å². The van der Waals surface area contributed by atoms with Crippen molar-refractivity contribution in [3.05, 3.63) is 60.9 Å². The van der Waals surface area contributed by atoms with Gasteiger partial charge < -0.3 is 19.1 Å². The van der Waals surface area contributed by atoms with Crippen LogP contribution in [0.15, 0.2) is 66.1 Å². The molecule has 0 aliphatic rings. The number of thioether (sulfide) groups is 1. The zero-order chi connectivity index (χ0) is 17.5. The number of nitrogens with zero attached hydrogens (tertiary/aromatic N) is 3. The van der Waals surface area contributed by atoms with E-state index in [9.17, 15) is 5.11 Å². The minimum Gasteiger partial charge on any atom is -0.491 e. The summed E-state index contributed by atoms with van der Waals surface area (Å²) in [6, 6.07) is 16.9. The second-order valence-corrected chi connectivity index (χ2v) is 6.37. The molecule has 0 aliphatic carbocycles. The van der Waals surface area contributed by atoms with Crippen molar-refractivity contribution in [1.29, 1.82) is 0 Å². The van der Waals surface area contributed by atoms with Crippen LogP contribution in [0.25, 0.3) is 0 Å². The maximum absolute atomic E-state index is 10.0. The second-order valence-electron chi connectivity index (χ2n) is 5.39. The molecule has 25 heavy (non-hydrogen) atoms. The first-order valence-electron chi connectivity index (χ1n) is 7.81. The smallest absolute Gasteiger partial charge is 0.190 e. The number of aliphatic hydroxyl groups is 1. The third-order valence-corrected chi connectivity index (χ3v) is 4.50. The first-order chi connectivity index (χ1) is 12.2. The van der Waals surface area contributed by atoms with Crippen LogP contribution in [0.1, 0.15) is 0 Å². The Hall–Kier alpha value is -2.51. The highest BCUT2D eigenvalue weighted by Gasteiger charge is 2.09. The maximum atomic E-state index is 10.0. The third kappa shape index (κ3) is 5.23. The third-order valence-electron chi connectivity index (χ3n) is 3.32. The Balaban J connectivity index is 1.44. The lowest BCUT2D eigenvalue weighted by Crippen LogP contribution is -2.20. The molecule has 6 nitrogen and oxygen atoms in total. The number of aryl methyl sites for hydroxylation is 1. The van der Waals surface area contributed by atoms with Crippen LogP contribution in [0.2, 0.25) is 0 Å². The SMILES string of the molecule is Cn1cnnc1SCC(O)COc1ccc(Oc2ccccc2)cc1. The fourth-order valence-corrected chi connectivity index (χ4v) is 2.84. The van der Waals surface area contributed by atoms with Crippen molar-refractivity contribution >= 4 is 11.8 Å². The molecule has 0 saturated carbocycles. The largest absolute Gasteiger partial charge is 0.491 e. The van der Waals surface area contributed by atoms with E-state index in [0.29, 0.717) is 11.5 Å². The predicted octanol–water partition coefficient (Wildman–Crippen LogP) is 3.14. The number of ether oxygens (including phenoxy) is 2. The van der Waals surface area contributed by atoms with Gasteiger partial charge in [-0.2, -0.15) is 0 Å². The normalized spacial score (nSPS) is 11.9. The Morgan fingerprint density at radius 2 is 1.72 bits per heavy atom. The number of rotatable bonds is 8. The van der Waals surface area contributed by atoms with E-state index in [4.69, 9.17) is 9.47 Å². The van der Waals surface area contributed by atoms with Gasteiger partial charge in [0.15, 0.2) is 5.16 Å². The molecule has 0 amide bonds. The number of hydrogen-bond donors (Lipinski definition) is 1. The van der Waals surface area contributed by atoms with E-state index in [1.807, 2.05) is 66.2 Å². The average Bonchev–Trinajstić information content (AvgIpc) is 3.05. The van der Waals surface area contributed by atoms with Gasteiger partial charge in [-0.05, 0) is 36.4 Å². The van der Waals surface area contributed by atoms with Gasteiger partial charge >= 0.3 is 0 Å². The van der Waals surface area contributed by atoms with E-state index in [2.05, 4.69) is 10.2 Å². The molecule has 0 spiro atoms. The van der Waals surface area contributed by atoms with Crippen molar-refractivity contribution in [2.45, 2.75) is 11.3 Å². The Morgan fingerprint density at radius 3 is 2.40 bits per heavy atom. The molecule has 0 aliphatic heterocycles. The summed E-state index contributed by atoms with van der Waals surface area (Å²) < 4.78 is 13.1. The molecule has 3 aromatic rings. The molecule has 130 valence electrons. The van der Waals surface area contributed by atoms with Gasteiger partial charge in [0, 0.05) is 12.8 Å². The van der Waals surface area contributed by atoms with Crippen molar-refractivity contribution in [3.63, 3.8) is 0 Å². The summed E-state index contributed by atoms with van der Waals surface area (Å²) >= 11 is 1.44. The molecule has 7 heteroatoms. The van der Waals surface area contributed by atoms with Crippen LogP contribution in [-0.4, -0.2) is 38.3 Å². The van der Waals surface area contributed by atoms with Crippen LogP contribution in [0.5, 0.6) is 17.2 Å². The van der Waals surface area contributed by atoms with Crippen molar-refractivity contribution in [2.24, 2.45) is 7.05 Å². The van der Waals surface area contributed by atoms with E-state index in [-0.39, 0.29) is 6.61 Å². The van der Waals surface area contributed by atoms with Gasteiger partial charge in [0.1, 0.15) is 30.2 Å². The van der Waals surface area contributed by atoms with Crippen LogP contribution in [0.4, 0.5) is 0 Å². The standard InChI is InChI=1S/C18H19N3O3S/c1-21-13-19-20-18(21)25-12-14(22)11-23-15-7-9-17(10-8-15)24-16-5-3-2-4-6-16/h2-10,13-14,22H,11-12H2,1H3. The lowest BCUT2D eigenvalue weighted by atomic mass is 10.3. The summed E-state index contributed by atoms with van der Waals surface area (Å²) in [6.07, 6.45) is 1.03. The van der Waals surface area contributed by atoms with Gasteiger partial charge in [0.25, 0.3) is 0 Å². The molecule has 1 atom stereocenters. The van der Waals surface area contributed by atoms with E-state index in [1.165, 1.54) is 11.8 Å². The number of aliphatic hydroxyl groups excluding tert-OH is 1. The molecule has 2 aromatic carbocycles. The van der Waals surface area contributed by atoms with Crippen molar-refractivity contribution < 1.29 is 14.6 Å². The average molecular weight is 357 g/mol. The first kappa shape index (κ1) is 17.3. The highest BCUT2D eigenvalue weighted by Crippen LogP contribution is 2.23. The minimum absolute atomic E-state index is 0.212. The molecular weight excluding hydrogens is 338 g/mol. The zero-order valence-electron chi connectivity index (χ0n) is 13.8. The molecule has 0 fully saturated rings. The maximum Gasteiger partial charge on any atom is 0.190 e. The Kier molecular flexibility index (Phi) is 5.92. The lowest BCUT2D eigenvalue weighted by molar-refractivity contribution is 0.126. The zero-order valence-corrected chi connectivity index (χ0v) is 14.6. The molecule has 1 aromatic heterocycles. The highest BCUT2D eigenvalue weighted by molar-refractivity contribution is 7.99. The lowest BCUT2D eigenvalue weighted by Gasteiger charge is -2.12. The van der Waals surface area contributed by atoms with E-state index < -0.39 is 6.10 Å². The fourth-order valence-electron chi connectivity index (χ4n) is 2.04. The molecular formula is C18H19N3O3S. The second kappa shape index (κ2) is 8.55.